The van der Waals surface area contributed by atoms with E-state index in [4.69, 9.17) is 14.0 Å². The van der Waals surface area contributed by atoms with Crippen molar-refractivity contribution in [1.29, 1.82) is 0 Å². The molecule has 0 heterocycles. The first-order valence-electron chi connectivity index (χ1n) is 7.26. The summed E-state index contributed by atoms with van der Waals surface area (Å²) in [4.78, 5) is 0. The van der Waals surface area contributed by atoms with E-state index in [1.807, 2.05) is 6.07 Å². The molecule has 0 aromatic heterocycles. The van der Waals surface area contributed by atoms with E-state index < -0.39 is 13.2 Å². The minimum Gasteiger partial charge on any atom is -0.493 e. The lowest BCUT2D eigenvalue weighted by molar-refractivity contribution is 0.218. The van der Waals surface area contributed by atoms with Crippen LogP contribution in [-0.4, -0.2) is 25.9 Å². The molecule has 0 aliphatic carbocycles. The molecule has 0 saturated heterocycles. The van der Waals surface area contributed by atoms with Crippen LogP contribution in [0.25, 0.3) is 0 Å². The lowest BCUT2D eigenvalue weighted by atomic mass is 10.2. The van der Waals surface area contributed by atoms with E-state index in [2.05, 4.69) is 0 Å². The normalized spacial score (nSPS) is 14.8. The maximum absolute atomic E-state index is 13.3. The molecule has 0 aliphatic heterocycles. The summed E-state index contributed by atoms with van der Waals surface area (Å²) in [6, 6.07) is 13.7. The molecule has 2 atom stereocenters. The summed E-state index contributed by atoms with van der Waals surface area (Å²) in [7, 11) is -0.441. The van der Waals surface area contributed by atoms with Crippen LogP contribution in [0.5, 0.6) is 11.5 Å². The Balaban J connectivity index is 2.46. The van der Waals surface area contributed by atoms with Gasteiger partial charge in [-0.1, -0.05) is 24.3 Å². The van der Waals surface area contributed by atoms with Crippen molar-refractivity contribution >= 4 is 12.7 Å². The second-order valence-corrected chi connectivity index (χ2v) is 7.30. The summed E-state index contributed by atoms with van der Waals surface area (Å²) in [6.45, 7) is 1.98. The van der Waals surface area contributed by atoms with Crippen LogP contribution in [0.4, 0.5) is 0 Å². The van der Waals surface area contributed by atoms with Gasteiger partial charge in [0, 0.05) is 5.30 Å². The highest BCUT2D eigenvalue weighted by molar-refractivity contribution is 7.67. The monoisotopic (exact) mass is 336 g/mol. The van der Waals surface area contributed by atoms with Crippen LogP contribution in [0.2, 0.25) is 0 Å². The Morgan fingerprint density at radius 3 is 2.26 bits per heavy atom. The maximum Gasteiger partial charge on any atom is 0.264 e. The van der Waals surface area contributed by atoms with Gasteiger partial charge in [-0.25, -0.2) is 0 Å². The molecule has 124 valence electrons. The van der Waals surface area contributed by atoms with Crippen molar-refractivity contribution in [2.24, 2.45) is 0 Å². The first kappa shape index (κ1) is 17.5. The number of ether oxygens (including phenoxy) is 2. The molecule has 0 radical (unpaired) electrons. The summed E-state index contributed by atoms with van der Waals surface area (Å²) in [5.74, 6) is -0.292. The molecule has 0 fully saturated rings. The standard InChI is InChI=1S/C17H21O5P/c1-4-22-23(19,14-8-6-5-7-9-14)17(18)13-10-11-15(20-2)16(12-13)21-3/h5-12,17-18H,4H2,1-3H3/t17-,23?/m1/s1. The Morgan fingerprint density at radius 2 is 1.70 bits per heavy atom. The molecule has 0 bridgehead atoms. The predicted octanol–water partition coefficient (Wildman–Crippen LogP) is 3.33. The van der Waals surface area contributed by atoms with E-state index in [1.54, 1.807) is 49.4 Å². The zero-order valence-electron chi connectivity index (χ0n) is 13.4. The van der Waals surface area contributed by atoms with Crippen molar-refractivity contribution in [3.63, 3.8) is 0 Å². The lowest BCUT2D eigenvalue weighted by Gasteiger charge is -2.24. The summed E-state index contributed by atoms with van der Waals surface area (Å²) in [6.07, 6.45) is 0. The Bertz CT molecular complexity index is 687. The van der Waals surface area contributed by atoms with Crippen molar-refractivity contribution in [3.8, 4) is 11.5 Å². The molecule has 0 aliphatic rings. The Labute approximate surface area is 136 Å². The largest absolute Gasteiger partial charge is 0.493 e. The highest BCUT2D eigenvalue weighted by Gasteiger charge is 2.36. The minimum absolute atomic E-state index is 0.233. The van der Waals surface area contributed by atoms with Crippen LogP contribution in [-0.2, 0) is 9.09 Å². The average Bonchev–Trinajstić information content (AvgIpc) is 2.61. The molecule has 2 rings (SSSR count). The fourth-order valence-electron chi connectivity index (χ4n) is 2.32. The molecule has 2 aromatic rings. The number of aliphatic hydroxyl groups is 1. The Hall–Kier alpha value is -1.81. The SMILES string of the molecule is CCOP(=O)(c1ccccc1)[C@@H](O)c1ccc(OC)c(OC)c1. The van der Waals surface area contributed by atoms with Gasteiger partial charge < -0.3 is 19.1 Å². The summed E-state index contributed by atoms with van der Waals surface area (Å²) in [5, 5.41) is 11.2. The van der Waals surface area contributed by atoms with Crippen molar-refractivity contribution in [2.75, 3.05) is 20.8 Å². The molecular weight excluding hydrogens is 315 g/mol. The number of hydrogen-bond donors (Lipinski definition) is 1. The number of methoxy groups -OCH3 is 2. The van der Waals surface area contributed by atoms with Crippen LogP contribution in [0, 0.1) is 0 Å². The second kappa shape index (κ2) is 7.64. The first-order chi connectivity index (χ1) is 11.1. The van der Waals surface area contributed by atoms with Crippen LogP contribution in [0.1, 0.15) is 18.3 Å². The predicted molar refractivity (Wildman–Crippen MR) is 89.8 cm³/mol. The third-order valence-electron chi connectivity index (χ3n) is 3.46. The molecule has 0 saturated carbocycles. The van der Waals surface area contributed by atoms with Gasteiger partial charge in [-0.3, -0.25) is 4.57 Å². The topological polar surface area (TPSA) is 65.0 Å². The van der Waals surface area contributed by atoms with E-state index in [0.29, 0.717) is 22.4 Å². The molecule has 2 aromatic carbocycles. The quantitative estimate of drug-likeness (QED) is 0.786. The second-order valence-electron chi connectivity index (χ2n) is 4.84. The van der Waals surface area contributed by atoms with Gasteiger partial charge in [0.25, 0.3) is 7.37 Å². The first-order valence-corrected chi connectivity index (χ1v) is 8.96. The maximum atomic E-state index is 13.3. The molecule has 6 heteroatoms. The molecule has 1 N–H and O–H groups in total. The van der Waals surface area contributed by atoms with Crippen molar-refractivity contribution in [1.82, 2.24) is 0 Å². The number of benzene rings is 2. The van der Waals surface area contributed by atoms with Gasteiger partial charge in [-0.15, -0.1) is 0 Å². The number of hydrogen-bond acceptors (Lipinski definition) is 5. The van der Waals surface area contributed by atoms with Gasteiger partial charge >= 0.3 is 0 Å². The molecule has 0 spiro atoms. The van der Waals surface area contributed by atoms with Crippen LogP contribution >= 0.6 is 7.37 Å². The van der Waals surface area contributed by atoms with Gasteiger partial charge in [0.05, 0.1) is 20.8 Å². The van der Waals surface area contributed by atoms with Gasteiger partial charge in [0.1, 0.15) is 0 Å². The van der Waals surface area contributed by atoms with E-state index in [-0.39, 0.29) is 6.61 Å². The summed E-state index contributed by atoms with van der Waals surface area (Å²) < 4.78 is 29.2. The average molecular weight is 336 g/mol. The number of rotatable bonds is 7. The van der Waals surface area contributed by atoms with Crippen LogP contribution < -0.4 is 14.8 Å². The van der Waals surface area contributed by atoms with Crippen molar-refractivity contribution in [2.45, 2.75) is 12.8 Å². The van der Waals surface area contributed by atoms with Crippen molar-refractivity contribution < 1.29 is 23.7 Å². The van der Waals surface area contributed by atoms with Gasteiger partial charge in [0.15, 0.2) is 17.3 Å². The van der Waals surface area contributed by atoms with E-state index >= 15 is 0 Å². The van der Waals surface area contributed by atoms with E-state index in [9.17, 15) is 9.67 Å². The Kier molecular flexibility index (Phi) is 5.83. The molecule has 23 heavy (non-hydrogen) atoms. The zero-order chi connectivity index (χ0) is 16.9. The molecule has 1 unspecified atom stereocenters. The third-order valence-corrected chi connectivity index (χ3v) is 6.07. The summed E-state index contributed by atoms with van der Waals surface area (Å²) in [5.41, 5.74) is 0.447. The zero-order valence-corrected chi connectivity index (χ0v) is 14.3. The minimum atomic E-state index is -3.48. The fraction of sp³-hybridized carbons (Fsp3) is 0.294. The highest BCUT2D eigenvalue weighted by atomic mass is 31.2. The highest BCUT2D eigenvalue weighted by Crippen LogP contribution is 2.58. The molecule has 5 nitrogen and oxygen atoms in total. The van der Waals surface area contributed by atoms with Crippen molar-refractivity contribution in [3.05, 3.63) is 54.1 Å². The molecular formula is C17H21O5P. The van der Waals surface area contributed by atoms with Gasteiger partial charge in [-0.2, -0.15) is 0 Å². The smallest absolute Gasteiger partial charge is 0.264 e. The lowest BCUT2D eigenvalue weighted by Crippen LogP contribution is -2.14. The van der Waals surface area contributed by atoms with Crippen LogP contribution in [0.3, 0.4) is 0 Å². The Morgan fingerprint density at radius 1 is 1.04 bits per heavy atom. The van der Waals surface area contributed by atoms with Gasteiger partial charge in [-0.05, 0) is 36.8 Å². The summed E-state index contributed by atoms with van der Waals surface area (Å²) >= 11 is 0. The fourth-order valence-corrected chi connectivity index (χ4v) is 4.42. The van der Waals surface area contributed by atoms with Gasteiger partial charge in [0.2, 0.25) is 0 Å². The van der Waals surface area contributed by atoms with E-state index in [1.165, 1.54) is 14.2 Å². The molecule has 0 amide bonds. The van der Waals surface area contributed by atoms with Crippen LogP contribution in [0.15, 0.2) is 48.5 Å². The number of aliphatic hydroxyl groups excluding tert-OH is 1. The third kappa shape index (κ3) is 3.58. The van der Waals surface area contributed by atoms with E-state index in [0.717, 1.165) is 0 Å².